The van der Waals surface area contributed by atoms with Crippen molar-refractivity contribution in [1.29, 1.82) is 0 Å². The van der Waals surface area contributed by atoms with E-state index in [9.17, 15) is 17.6 Å². The van der Waals surface area contributed by atoms with Crippen molar-refractivity contribution in [2.75, 3.05) is 23.1 Å². The molecular formula is C26H28ClFN2O3S2. The molecular weight excluding hydrogens is 507 g/mol. The Morgan fingerprint density at radius 1 is 1.06 bits per heavy atom. The van der Waals surface area contributed by atoms with Gasteiger partial charge in [0.25, 0.3) is 10.0 Å². The van der Waals surface area contributed by atoms with Crippen LogP contribution in [-0.2, 0) is 27.0 Å². The summed E-state index contributed by atoms with van der Waals surface area (Å²) >= 11 is 7.47. The van der Waals surface area contributed by atoms with E-state index in [1.54, 1.807) is 48.5 Å². The Morgan fingerprint density at radius 3 is 2.37 bits per heavy atom. The molecule has 5 nitrogen and oxygen atoms in total. The van der Waals surface area contributed by atoms with E-state index in [0.29, 0.717) is 34.3 Å². The summed E-state index contributed by atoms with van der Waals surface area (Å²) in [6.45, 7) is 3.85. The Morgan fingerprint density at radius 2 is 1.74 bits per heavy atom. The summed E-state index contributed by atoms with van der Waals surface area (Å²) < 4.78 is 41.9. The van der Waals surface area contributed by atoms with Crippen LogP contribution in [0, 0.1) is 12.7 Å². The molecule has 0 aliphatic heterocycles. The Bertz CT molecular complexity index is 1230. The van der Waals surface area contributed by atoms with Gasteiger partial charge in [-0.15, -0.1) is 0 Å². The molecule has 9 heteroatoms. The number of anilines is 1. The van der Waals surface area contributed by atoms with Gasteiger partial charge in [0.1, 0.15) is 12.4 Å². The zero-order valence-corrected chi connectivity index (χ0v) is 22.0. The molecule has 1 N–H and O–H groups in total. The lowest BCUT2D eigenvalue weighted by atomic mass is 10.1. The summed E-state index contributed by atoms with van der Waals surface area (Å²) in [6.07, 6.45) is 0.821. The first-order valence-electron chi connectivity index (χ1n) is 11.2. The van der Waals surface area contributed by atoms with E-state index < -0.39 is 15.9 Å². The van der Waals surface area contributed by atoms with E-state index in [0.717, 1.165) is 21.9 Å². The van der Waals surface area contributed by atoms with Gasteiger partial charge in [0.2, 0.25) is 5.91 Å². The van der Waals surface area contributed by atoms with E-state index >= 15 is 0 Å². The first-order valence-corrected chi connectivity index (χ1v) is 14.2. The number of nitrogens with zero attached hydrogens (tertiary/aromatic N) is 1. The minimum atomic E-state index is -3.96. The number of thioether (sulfide) groups is 1. The lowest BCUT2D eigenvalue weighted by Gasteiger charge is -2.24. The van der Waals surface area contributed by atoms with Crippen molar-refractivity contribution >= 4 is 45.0 Å². The molecule has 0 aromatic heterocycles. The van der Waals surface area contributed by atoms with Gasteiger partial charge in [-0.1, -0.05) is 54.4 Å². The summed E-state index contributed by atoms with van der Waals surface area (Å²) in [5.74, 6) is 0.107. The van der Waals surface area contributed by atoms with Crippen LogP contribution in [0.5, 0.6) is 0 Å². The number of benzene rings is 3. The maximum Gasteiger partial charge on any atom is 0.264 e. The number of hydrogen-bond acceptors (Lipinski definition) is 4. The molecule has 3 aromatic rings. The van der Waals surface area contributed by atoms with Gasteiger partial charge in [0.15, 0.2) is 0 Å². The molecule has 0 atom stereocenters. The molecule has 0 spiro atoms. The summed E-state index contributed by atoms with van der Waals surface area (Å²) in [4.78, 5) is 12.8. The van der Waals surface area contributed by atoms with E-state index in [2.05, 4.69) is 5.32 Å². The van der Waals surface area contributed by atoms with Crippen LogP contribution < -0.4 is 9.62 Å². The Labute approximate surface area is 215 Å². The van der Waals surface area contributed by atoms with E-state index in [4.69, 9.17) is 11.6 Å². The molecule has 0 aliphatic carbocycles. The molecule has 0 fully saturated rings. The molecule has 0 unspecified atom stereocenters. The van der Waals surface area contributed by atoms with Gasteiger partial charge in [0, 0.05) is 28.6 Å². The third-order valence-corrected chi connectivity index (χ3v) is 8.53. The minimum Gasteiger partial charge on any atom is -0.354 e. The van der Waals surface area contributed by atoms with Crippen molar-refractivity contribution in [2.24, 2.45) is 0 Å². The first-order chi connectivity index (χ1) is 16.7. The molecule has 0 saturated heterocycles. The SMILES string of the molecule is CCc1ccc(N(CC(=O)NCCSCc2c(F)cccc2Cl)S(=O)(=O)c2ccc(C)cc2)cc1. The highest BCUT2D eigenvalue weighted by Crippen LogP contribution is 2.25. The summed E-state index contributed by atoms with van der Waals surface area (Å²) in [7, 11) is -3.96. The number of nitrogens with one attached hydrogen (secondary N) is 1. The van der Waals surface area contributed by atoms with Crippen LogP contribution in [-0.4, -0.2) is 33.2 Å². The smallest absolute Gasteiger partial charge is 0.264 e. The van der Waals surface area contributed by atoms with Gasteiger partial charge in [0.05, 0.1) is 10.6 Å². The van der Waals surface area contributed by atoms with Crippen molar-refractivity contribution in [1.82, 2.24) is 5.32 Å². The average Bonchev–Trinajstić information content (AvgIpc) is 2.84. The normalized spacial score (nSPS) is 11.3. The van der Waals surface area contributed by atoms with Gasteiger partial charge < -0.3 is 5.32 Å². The van der Waals surface area contributed by atoms with Crippen molar-refractivity contribution in [3.8, 4) is 0 Å². The zero-order valence-electron chi connectivity index (χ0n) is 19.6. The number of hydrogen-bond donors (Lipinski definition) is 1. The lowest BCUT2D eigenvalue weighted by molar-refractivity contribution is -0.119. The molecule has 0 aliphatic rings. The number of halogens is 2. The number of carbonyl (C=O) groups is 1. The molecule has 3 rings (SSSR count). The number of rotatable bonds is 11. The second-order valence-electron chi connectivity index (χ2n) is 7.95. The standard InChI is InChI=1S/C26H28ClFN2O3S2/c1-3-20-9-11-21(12-10-20)30(35(32,33)22-13-7-19(2)8-14-22)17-26(31)29-15-16-34-18-23-24(27)5-4-6-25(23)28/h4-14H,3,15-18H2,1-2H3,(H,29,31). The van der Waals surface area contributed by atoms with Gasteiger partial charge in [-0.3, -0.25) is 9.10 Å². The maximum absolute atomic E-state index is 13.9. The van der Waals surface area contributed by atoms with Crippen molar-refractivity contribution in [2.45, 2.75) is 30.9 Å². The highest BCUT2D eigenvalue weighted by molar-refractivity contribution is 7.98. The third kappa shape index (κ3) is 7.22. The molecule has 0 bridgehead atoms. The van der Waals surface area contributed by atoms with Crippen molar-refractivity contribution in [3.63, 3.8) is 0 Å². The van der Waals surface area contributed by atoms with Crippen molar-refractivity contribution in [3.05, 3.63) is 94.3 Å². The van der Waals surface area contributed by atoms with Gasteiger partial charge in [-0.05, 0) is 55.3 Å². The van der Waals surface area contributed by atoms with Crippen LogP contribution in [0.2, 0.25) is 5.02 Å². The number of carbonyl (C=O) groups excluding carboxylic acids is 1. The minimum absolute atomic E-state index is 0.118. The van der Waals surface area contributed by atoms with E-state index in [1.807, 2.05) is 26.0 Å². The highest BCUT2D eigenvalue weighted by atomic mass is 35.5. The number of amides is 1. The fraction of sp³-hybridized carbons (Fsp3) is 0.269. The second kappa shape index (κ2) is 12.4. The van der Waals surface area contributed by atoms with Crippen LogP contribution in [0.15, 0.2) is 71.6 Å². The highest BCUT2D eigenvalue weighted by Gasteiger charge is 2.27. The van der Waals surface area contributed by atoms with Gasteiger partial charge >= 0.3 is 0 Å². The van der Waals surface area contributed by atoms with Crippen LogP contribution in [0.1, 0.15) is 23.6 Å². The second-order valence-corrected chi connectivity index (χ2v) is 11.3. The van der Waals surface area contributed by atoms with Gasteiger partial charge in [-0.25, -0.2) is 12.8 Å². The van der Waals surface area contributed by atoms with E-state index in [-0.39, 0.29) is 17.3 Å². The topological polar surface area (TPSA) is 66.5 Å². The molecule has 3 aromatic carbocycles. The zero-order chi connectivity index (χ0) is 25.4. The fourth-order valence-electron chi connectivity index (χ4n) is 3.34. The number of aryl methyl sites for hydroxylation is 2. The molecule has 0 saturated carbocycles. The van der Waals surface area contributed by atoms with Crippen LogP contribution in [0.3, 0.4) is 0 Å². The Hall–Kier alpha value is -2.55. The first kappa shape index (κ1) is 27.0. The van der Waals surface area contributed by atoms with E-state index in [1.165, 1.54) is 17.8 Å². The molecule has 0 radical (unpaired) electrons. The molecule has 186 valence electrons. The maximum atomic E-state index is 13.9. The summed E-state index contributed by atoms with van der Waals surface area (Å²) in [5, 5.41) is 3.13. The Kier molecular flexibility index (Phi) is 9.60. The molecule has 0 heterocycles. The largest absolute Gasteiger partial charge is 0.354 e. The molecule has 35 heavy (non-hydrogen) atoms. The quantitative estimate of drug-likeness (QED) is 0.325. The van der Waals surface area contributed by atoms with Crippen LogP contribution in [0.4, 0.5) is 10.1 Å². The Balaban J connectivity index is 1.66. The monoisotopic (exact) mass is 534 g/mol. The summed E-state index contributed by atoms with van der Waals surface area (Å²) in [5.41, 5.74) is 2.85. The van der Waals surface area contributed by atoms with Gasteiger partial charge in [-0.2, -0.15) is 11.8 Å². The third-order valence-electron chi connectivity index (χ3n) is 5.41. The predicted molar refractivity (Wildman–Crippen MR) is 142 cm³/mol. The average molecular weight is 535 g/mol. The van der Waals surface area contributed by atoms with Crippen LogP contribution >= 0.6 is 23.4 Å². The fourth-order valence-corrected chi connectivity index (χ4v) is 5.96. The van der Waals surface area contributed by atoms with Crippen LogP contribution in [0.25, 0.3) is 0 Å². The number of sulfonamides is 1. The lowest BCUT2D eigenvalue weighted by Crippen LogP contribution is -2.41. The molecule has 1 amide bonds. The predicted octanol–water partition coefficient (Wildman–Crippen LogP) is 5.59. The summed E-state index contributed by atoms with van der Waals surface area (Å²) in [6, 6.07) is 18.2. The van der Waals surface area contributed by atoms with Crippen molar-refractivity contribution < 1.29 is 17.6 Å².